The van der Waals surface area contributed by atoms with E-state index in [0.29, 0.717) is 19.0 Å². The van der Waals surface area contributed by atoms with Crippen molar-refractivity contribution >= 4 is 23.2 Å². The maximum absolute atomic E-state index is 12.5. The van der Waals surface area contributed by atoms with Crippen LogP contribution >= 0.6 is 11.3 Å². The molecule has 26 heavy (non-hydrogen) atoms. The predicted octanol–water partition coefficient (Wildman–Crippen LogP) is 1.88. The highest BCUT2D eigenvalue weighted by Crippen LogP contribution is 2.24. The lowest BCUT2D eigenvalue weighted by molar-refractivity contribution is -0.131. The Morgan fingerprint density at radius 1 is 1.38 bits per heavy atom. The number of aliphatic imine (C=N–C) groups is 1. The first kappa shape index (κ1) is 19.2. The average Bonchev–Trinajstić information content (AvgIpc) is 3.11. The van der Waals surface area contributed by atoms with Crippen LogP contribution in [-0.2, 0) is 17.8 Å². The Hall–Kier alpha value is -1.60. The third-order valence-electron chi connectivity index (χ3n) is 5.14. The molecule has 1 fully saturated rings. The Morgan fingerprint density at radius 3 is 2.96 bits per heavy atom. The van der Waals surface area contributed by atoms with Gasteiger partial charge in [0, 0.05) is 37.0 Å². The fraction of sp³-hybridized carbons (Fsp3) is 0.684. The van der Waals surface area contributed by atoms with Gasteiger partial charge in [-0.1, -0.05) is 0 Å². The summed E-state index contributed by atoms with van der Waals surface area (Å²) in [5.74, 6) is 0.961. The first-order valence-electron chi connectivity index (χ1n) is 9.71. The van der Waals surface area contributed by atoms with Crippen LogP contribution in [0.5, 0.6) is 0 Å². The molecule has 3 N–H and O–H groups in total. The predicted molar refractivity (Wildman–Crippen MR) is 105 cm³/mol. The first-order chi connectivity index (χ1) is 12.7. The maximum atomic E-state index is 12.5. The van der Waals surface area contributed by atoms with Gasteiger partial charge in [-0.3, -0.25) is 9.79 Å². The van der Waals surface area contributed by atoms with Crippen LogP contribution in [0.25, 0.3) is 0 Å². The number of rotatable bonds is 5. The van der Waals surface area contributed by atoms with Crippen molar-refractivity contribution < 1.29 is 9.90 Å². The van der Waals surface area contributed by atoms with Gasteiger partial charge in [0.15, 0.2) is 5.96 Å². The Kier molecular flexibility index (Phi) is 6.91. The molecule has 1 aliphatic heterocycles. The Labute approximate surface area is 159 Å². The topological polar surface area (TPSA) is 77.0 Å². The fourth-order valence-corrected chi connectivity index (χ4v) is 4.51. The van der Waals surface area contributed by atoms with Crippen LogP contribution in [0.4, 0.5) is 0 Å². The summed E-state index contributed by atoms with van der Waals surface area (Å²) >= 11 is 1.79. The van der Waals surface area contributed by atoms with Gasteiger partial charge in [-0.15, -0.1) is 11.3 Å². The molecule has 2 heterocycles. The summed E-state index contributed by atoms with van der Waals surface area (Å²) in [6, 6.07) is 2.48. The number of hydrogen-bond acceptors (Lipinski definition) is 4. The van der Waals surface area contributed by atoms with Crippen molar-refractivity contribution in [3.63, 3.8) is 0 Å². The number of hydrogen-bond donors (Lipinski definition) is 3. The second kappa shape index (κ2) is 9.37. The van der Waals surface area contributed by atoms with E-state index in [1.54, 1.807) is 11.3 Å². The number of carbonyl (C=O) groups excluding carboxylic acids is 1. The van der Waals surface area contributed by atoms with Gasteiger partial charge in [-0.2, -0.15) is 0 Å². The van der Waals surface area contributed by atoms with Crippen molar-refractivity contribution in [1.82, 2.24) is 15.5 Å². The molecule has 0 aromatic carbocycles. The molecule has 0 radical (unpaired) electrons. The van der Waals surface area contributed by atoms with Gasteiger partial charge >= 0.3 is 0 Å². The lowest BCUT2D eigenvalue weighted by Gasteiger charge is -2.28. The Balaban J connectivity index is 1.46. The minimum Gasteiger partial charge on any atom is -0.393 e. The molecule has 1 amide bonds. The minimum atomic E-state index is -0.154. The third kappa shape index (κ3) is 5.20. The van der Waals surface area contributed by atoms with Crippen LogP contribution < -0.4 is 10.6 Å². The van der Waals surface area contributed by atoms with Crippen LogP contribution in [0.1, 0.15) is 49.5 Å². The monoisotopic (exact) mass is 378 g/mol. The lowest BCUT2D eigenvalue weighted by atomic mass is 9.93. The Bertz CT molecular complexity index is 623. The van der Waals surface area contributed by atoms with Gasteiger partial charge < -0.3 is 20.6 Å². The van der Waals surface area contributed by atoms with E-state index >= 15 is 0 Å². The third-order valence-corrected chi connectivity index (χ3v) is 6.16. The highest BCUT2D eigenvalue weighted by molar-refractivity contribution is 7.10. The number of carbonyl (C=O) groups is 1. The molecule has 1 aliphatic carbocycles. The van der Waals surface area contributed by atoms with E-state index in [1.165, 1.54) is 10.4 Å². The van der Waals surface area contributed by atoms with Crippen LogP contribution in [-0.4, -0.2) is 53.7 Å². The zero-order valence-corrected chi connectivity index (χ0v) is 16.4. The summed E-state index contributed by atoms with van der Waals surface area (Å²) in [5.41, 5.74) is 1.30. The highest BCUT2D eigenvalue weighted by Gasteiger charge is 2.22. The second-order valence-electron chi connectivity index (χ2n) is 7.09. The summed E-state index contributed by atoms with van der Waals surface area (Å²) in [7, 11) is 0. The van der Waals surface area contributed by atoms with Gasteiger partial charge in [-0.05, 0) is 56.0 Å². The van der Waals surface area contributed by atoms with Crippen LogP contribution in [0.3, 0.4) is 0 Å². The van der Waals surface area contributed by atoms with Crippen LogP contribution in [0.15, 0.2) is 16.4 Å². The SMILES string of the molecule is CCNC(=NCCC(=O)N1CCc2sccc2C1)NC1CCC(O)CC1. The largest absolute Gasteiger partial charge is 0.393 e. The van der Waals surface area contributed by atoms with Gasteiger partial charge in [0.05, 0.1) is 12.6 Å². The minimum absolute atomic E-state index is 0.154. The molecular weight excluding hydrogens is 348 g/mol. The van der Waals surface area contributed by atoms with E-state index in [0.717, 1.165) is 57.7 Å². The number of guanidine groups is 1. The van der Waals surface area contributed by atoms with Crippen molar-refractivity contribution in [3.8, 4) is 0 Å². The molecule has 6 nitrogen and oxygen atoms in total. The highest BCUT2D eigenvalue weighted by atomic mass is 32.1. The molecule has 144 valence electrons. The summed E-state index contributed by atoms with van der Waals surface area (Å²) in [6.45, 7) is 4.89. The van der Waals surface area contributed by atoms with Gasteiger partial charge in [0.2, 0.25) is 5.91 Å². The number of nitrogens with one attached hydrogen (secondary N) is 2. The van der Waals surface area contributed by atoms with E-state index in [9.17, 15) is 9.90 Å². The summed E-state index contributed by atoms with van der Waals surface area (Å²) in [5, 5.41) is 18.4. The second-order valence-corrected chi connectivity index (χ2v) is 8.10. The molecule has 2 aliphatic rings. The zero-order valence-electron chi connectivity index (χ0n) is 15.5. The van der Waals surface area contributed by atoms with E-state index in [4.69, 9.17) is 0 Å². The average molecular weight is 379 g/mol. The van der Waals surface area contributed by atoms with Crippen LogP contribution in [0.2, 0.25) is 0 Å². The number of aliphatic hydroxyl groups is 1. The van der Waals surface area contributed by atoms with Gasteiger partial charge in [0.1, 0.15) is 0 Å². The molecule has 1 saturated carbocycles. The number of amides is 1. The molecule has 0 spiro atoms. The first-order valence-corrected chi connectivity index (χ1v) is 10.6. The molecule has 0 bridgehead atoms. The van der Waals surface area contributed by atoms with Crippen molar-refractivity contribution in [3.05, 3.63) is 21.9 Å². The van der Waals surface area contributed by atoms with Gasteiger partial charge in [-0.25, -0.2) is 0 Å². The summed E-state index contributed by atoms with van der Waals surface area (Å²) in [4.78, 5) is 20.4. The summed E-state index contributed by atoms with van der Waals surface area (Å²) in [6.07, 6.45) is 4.87. The number of aliphatic hydroxyl groups excluding tert-OH is 1. The lowest BCUT2D eigenvalue weighted by Crippen LogP contribution is -2.45. The fourth-order valence-electron chi connectivity index (χ4n) is 3.62. The zero-order chi connectivity index (χ0) is 18.4. The standard InChI is InChI=1S/C19H30N4O2S/c1-2-20-19(22-15-3-5-16(24)6-4-15)21-10-7-18(25)23-11-8-17-14(13-23)9-12-26-17/h9,12,15-16,24H,2-8,10-11,13H2,1H3,(H2,20,21,22). The van der Waals surface area contributed by atoms with E-state index < -0.39 is 0 Å². The van der Waals surface area contributed by atoms with Gasteiger partial charge in [0.25, 0.3) is 0 Å². The van der Waals surface area contributed by atoms with E-state index in [1.807, 2.05) is 11.8 Å². The van der Waals surface area contributed by atoms with Crippen molar-refractivity contribution in [2.24, 2.45) is 4.99 Å². The van der Waals surface area contributed by atoms with Crippen molar-refractivity contribution in [1.29, 1.82) is 0 Å². The number of nitrogens with zero attached hydrogens (tertiary/aromatic N) is 2. The molecule has 7 heteroatoms. The summed E-state index contributed by atoms with van der Waals surface area (Å²) < 4.78 is 0. The Morgan fingerprint density at radius 2 is 2.19 bits per heavy atom. The molecular formula is C19H30N4O2S. The number of fused-ring (bicyclic) bond motifs is 1. The molecule has 3 rings (SSSR count). The molecule has 1 aromatic heterocycles. The molecule has 1 aromatic rings. The normalized spacial score (nSPS) is 23.5. The molecule has 0 unspecified atom stereocenters. The van der Waals surface area contributed by atoms with Crippen LogP contribution in [0, 0.1) is 0 Å². The maximum Gasteiger partial charge on any atom is 0.224 e. The van der Waals surface area contributed by atoms with E-state index in [2.05, 4.69) is 27.1 Å². The molecule has 0 saturated heterocycles. The quantitative estimate of drug-likeness (QED) is 0.540. The van der Waals surface area contributed by atoms with Crippen molar-refractivity contribution in [2.45, 2.75) is 64.1 Å². The molecule has 0 atom stereocenters. The number of thiophene rings is 1. The van der Waals surface area contributed by atoms with E-state index in [-0.39, 0.29) is 12.0 Å². The van der Waals surface area contributed by atoms with Crippen molar-refractivity contribution in [2.75, 3.05) is 19.6 Å². The smallest absolute Gasteiger partial charge is 0.224 e.